The minimum Gasteiger partial charge on any atom is -0.329 e. The molecule has 1 fully saturated rings. The summed E-state index contributed by atoms with van der Waals surface area (Å²) in [5, 5.41) is 0.334. The van der Waals surface area contributed by atoms with Crippen LogP contribution in [0.15, 0.2) is 42.5 Å². The van der Waals surface area contributed by atoms with Gasteiger partial charge >= 0.3 is 5.97 Å². The van der Waals surface area contributed by atoms with Crippen LogP contribution in [0.25, 0.3) is 0 Å². The number of benzene rings is 2. The van der Waals surface area contributed by atoms with E-state index in [-0.39, 0.29) is 29.8 Å². The van der Waals surface area contributed by atoms with Crippen LogP contribution < -0.4 is 4.90 Å². The van der Waals surface area contributed by atoms with Crippen molar-refractivity contribution in [2.45, 2.75) is 6.42 Å². The number of anilines is 1. The average molecular weight is 386 g/mol. The third-order valence-corrected chi connectivity index (χ3v) is 4.64. The molecule has 2 heterocycles. The van der Waals surface area contributed by atoms with E-state index in [9.17, 15) is 28.0 Å². The number of hydroxylamine groups is 2. The highest BCUT2D eigenvalue weighted by molar-refractivity contribution is 6.21. The molecule has 0 N–H and O–H groups in total. The fourth-order valence-electron chi connectivity index (χ4n) is 3.21. The molecule has 1 unspecified atom stereocenters. The molecule has 7 nitrogen and oxygen atoms in total. The Morgan fingerprint density at radius 2 is 1.61 bits per heavy atom. The quantitative estimate of drug-likeness (QED) is 0.596. The van der Waals surface area contributed by atoms with Crippen LogP contribution in [0.3, 0.4) is 0 Å². The van der Waals surface area contributed by atoms with Gasteiger partial charge in [-0.05, 0) is 30.7 Å². The van der Waals surface area contributed by atoms with Crippen molar-refractivity contribution in [2.75, 3.05) is 11.4 Å². The van der Waals surface area contributed by atoms with E-state index >= 15 is 0 Å². The van der Waals surface area contributed by atoms with Crippen molar-refractivity contribution in [1.82, 2.24) is 5.06 Å². The van der Waals surface area contributed by atoms with Gasteiger partial charge in [-0.2, -0.15) is 0 Å². The van der Waals surface area contributed by atoms with Gasteiger partial charge in [-0.3, -0.25) is 14.4 Å². The van der Waals surface area contributed by atoms with Crippen LogP contribution in [0, 0.1) is 17.6 Å². The largest absolute Gasteiger partial charge is 0.345 e. The van der Waals surface area contributed by atoms with Crippen molar-refractivity contribution in [3.8, 4) is 0 Å². The number of hydrogen-bond acceptors (Lipinski definition) is 5. The van der Waals surface area contributed by atoms with Crippen LogP contribution in [-0.4, -0.2) is 35.3 Å². The Morgan fingerprint density at radius 1 is 0.964 bits per heavy atom. The molecule has 0 aliphatic carbocycles. The first-order valence-corrected chi connectivity index (χ1v) is 8.34. The van der Waals surface area contributed by atoms with Crippen LogP contribution >= 0.6 is 0 Å². The first-order chi connectivity index (χ1) is 13.4. The van der Waals surface area contributed by atoms with Gasteiger partial charge in [0.1, 0.15) is 5.92 Å². The van der Waals surface area contributed by atoms with E-state index in [0.29, 0.717) is 5.06 Å². The maximum absolute atomic E-state index is 13.4. The molecule has 0 radical (unpaired) electrons. The summed E-state index contributed by atoms with van der Waals surface area (Å²) in [6, 6.07) is 8.93. The zero-order valence-electron chi connectivity index (χ0n) is 14.2. The number of carbonyl (C=O) groups is 4. The maximum atomic E-state index is 13.4. The first-order valence-electron chi connectivity index (χ1n) is 8.34. The minimum absolute atomic E-state index is 0.0415. The highest BCUT2D eigenvalue weighted by atomic mass is 19.2. The predicted octanol–water partition coefficient (Wildman–Crippen LogP) is 2.07. The van der Waals surface area contributed by atoms with Gasteiger partial charge in [0.2, 0.25) is 5.91 Å². The molecule has 1 atom stereocenters. The summed E-state index contributed by atoms with van der Waals surface area (Å²) < 4.78 is 26.5. The molecule has 4 rings (SSSR count). The van der Waals surface area contributed by atoms with E-state index in [2.05, 4.69) is 0 Å². The second kappa shape index (κ2) is 6.52. The number of hydrogen-bond donors (Lipinski definition) is 0. The van der Waals surface area contributed by atoms with Crippen LogP contribution in [0.5, 0.6) is 0 Å². The highest BCUT2D eigenvalue weighted by Gasteiger charge is 2.44. The molecule has 3 amide bonds. The number of amides is 3. The second-order valence-electron chi connectivity index (χ2n) is 6.29. The Bertz CT molecular complexity index is 1000. The monoisotopic (exact) mass is 386 g/mol. The smallest absolute Gasteiger partial charge is 0.329 e. The lowest BCUT2D eigenvalue weighted by Crippen LogP contribution is -2.38. The van der Waals surface area contributed by atoms with Gasteiger partial charge in [0, 0.05) is 18.3 Å². The molecule has 0 spiro atoms. The summed E-state index contributed by atoms with van der Waals surface area (Å²) in [6.45, 7) is 0.0752. The van der Waals surface area contributed by atoms with Gasteiger partial charge in [0.05, 0.1) is 11.1 Å². The Morgan fingerprint density at radius 3 is 2.21 bits per heavy atom. The fourth-order valence-corrected chi connectivity index (χ4v) is 3.21. The molecule has 2 aliphatic rings. The lowest BCUT2D eigenvalue weighted by molar-refractivity contribution is -0.174. The summed E-state index contributed by atoms with van der Waals surface area (Å²) in [4.78, 5) is 55.5. The van der Waals surface area contributed by atoms with E-state index in [1.807, 2.05) is 0 Å². The number of carbonyl (C=O) groups excluding carboxylic acids is 4. The Labute approximate surface area is 157 Å². The molecular formula is C19H12F2N2O5. The Hall–Kier alpha value is -3.62. The van der Waals surface area contributed by atoms with Crippen LogP contribution in [0.1, 0.15) is 27.1 Å². The van der Waals surface area contributed by atoms with Crippen molar-refractivity contribution < 1.29 is 32.8 Å². The zero-order valence-corrected chi connectivity index (χ0v) is 14.2. The highest BCUT2D eigenvalue weighted by Crippen LogP contribution is 2.29. The normalized spacial score (nSPS) is 18.6. The molecule has 0 aromatic heterocycles. The molecule has 0 saturated carbocycles. The average Bonchev–Trinajstić information content (AvgIpc) is 3.18. The van der Waals surface area contributed by atoms with Gasteiger partial charge in [0.15, 0.2) is 11.6 Å². The first kappa shape index (κ1) is 17.8. The summed E-state index contributed by atoms with van der Waals surface area (Å²) in [5.74, 6) is -6.79. The minimum atomic E-state index is -1.27. The molecule has 0 bridgehead atoms. The molecule has 28 heavy (non-hydrogen) atoms. The number of nitrogens with zero attached hydrogens (tertiary/aromatic N) is 2. The van der Waals surface area contributed by atoms with Crippen molar-refractivity contribution in [3.05, 3.63) is 65.2 Å². The van der Waals surface area contributed by atoms with Gasteiger partial charge in [0.25, 0.3) is 11.8 Å². The molecule has 1 saturated heterocycles. The summed E-state index contributed by atoms with van der Waals surface area (Å²) in [7, 11) is 0. The van der Waals surface area contributed by atoms with Crippen LogP contribution in [0.4, 0.5) is 14.5 Å². The summed E-state index contributed by atoms with van der Waals surface area (Å²) in [6.07, 6.45) is 0.0415. The number of halogens is 2. The second-order valence-corrected chi connectivity index (χ2v) is 6.29. The summed E-state index contributed by atoms with van der Waals surface area (Å²) in [5.41, 5.74) is 0.294. The molecule has 9 heteroatoms. The van der Waals surface area contributed by atoms with Crippen molar-refractivity contribution in [1.29, 1.82) is 0 Å². The third kappa shape index (κ3) is 2.72. The molecule has 2 aromatic carbocycles. The molecule has 2 aromatic rings. The number of fused-ring (bicyclic) bond motifs is 1. The predicted molar refractivity (Wildman–Crippen MR) is 89.9 cm³/mol. The van der Waals surface area contributed by atoms with E-state index in [0.717, 1.165) is 17.0 Å². The van der Waals surface area contributed by atoms with Crippen molar-refractivity contribution in [3.63, 3.8) is 0 Å². The zero-order chi connectivity index (χ0) is 20.0. The standard InChI is InChI=1S/C19H12F2N2O5/c20-14-6-5-10(9-15(14)21)22-8-7-13(16(22)24)19(27)28-23-17(25)11-3-1-2-4-12(11)18(23)26/h1-6,9,13H,7-8H2. The topological polar surface area (TPSA) is 84.0 Å². The SMILES string of the molecule is O=C(ON1C(=O)c2ccccc2C1=O)C1CCN(c2ccc(F)c(F)c2)C1=O. The Kier molecular flexibility index (Phi) is 4.14. The Balaban J connectivity index is 1.49. The van der Waals surface area contributed by atoms with Crippen LogP contribution in [0.2, 0.25) is 0 Å². The van der Waals surface area contributed by atoms with Gasteiger partial charge < -0.3 is 9.74 Å². The molecule has 2 aliphatic heterocycles. The van der Waals surface area contributed by atoms with Crippen LogP contribution in [-0.2, 0) is 14.4 Å². The number of rotatable bonds is 3. The third-order valence-electron chi connectivity index (χ3n) is 4.64. The van der Waals surface area contributed by atoms with Gasteiger partial charge in [-0.15, -0.1) is 0 Å². The van der Waals surface area contributed by atoms with E-state index in [4.69, 9.17) is 4.84 Å². The van der Waals surface area contributed by atoms with Crippen molar-refractivity contribution >= 4 is 29.4 Å². The maximum Gasteiger partial charge on any atom is 0.345 e. The van der Waals surface area contributed by atoms with E-state index in [1.54, 1.807) is 12.1 Å². The van der Waals surface area contributed by atoms with E-state index < -0.39 is 41.2 Å². The van der Waals surface area contributed by atoms with Crippen molar-refractivity contribution in [2.24, 2.45) is 5.92 Å². The molecule has 142 valence electrons. The summed E-state index contributed by atoms with van der Waals surface area (Å²) >= 11 is 0. The van der Waals surface area contributed by atoms with E-state index in [1.165, 1.54) is 18.2 Å². The lowest BCUT2D eigenvalue weighted by atomic mass is 10.1. The number of imide groups is 1. The van der Waals surface area contributed by atoms with Gasteiger partial charge in [-0.25, -0.2) is 13.6 Å². The molecular weight excluding hydrogens is 374 g/mol. The van der Waals surface area contributed by atoms with Gasteiger partial charge in [-0.1, -0.05) is 17.2 Å². The lowest BCUT2D eigenvalue weighted by Gasteiger charge is -2.18. The fraction of sp³-hybridized carbons (Fsp3) is 0.158.